The Balaban J connectivity index is 1.97. The molecule has 3 rings (SSSR count). The third-order valence-electron chi connectivity index (χ3n) is 2.52. The van der Waals surface area contributed by atoms with Gasteiger partial charge in [0.15, 0.2) is 11.6 Å². The maximum Gasteiger partial charge on any atom is 0.225 e. The molecule has 0 amide bonds. The van der Waals surface area contributed by atoms with Gasteiger partial charge in [0.25, 0.3) is 0 Å². The van der Waals surface area contributed by atoms with Crippen molar-refractivity contribution in [2.75, 3.05) is 11.5 Å². The summed E-state index contributed by atoms with van der Waals surface area (Å²) in [5, 5.41) is 0. The van der Waals surface area contributed by atoms with Crippen molar-refractivity contribution in [1.82, 2.24) is 29.9 Å². The second-order valence-corrected chi connectivity index (χ2v) is 3.86. The van der Waals surface area contributed by atoms with E-state index in [0.717, 1.165) is 11.1 Å². The van der Waals surface area contributed by atoms with Crippen molar-refractivity contribution < 1.29 is 0 Å². The first-order chi connectivity index (χ1) is 9.72. The molecule has 0 aliphatic carbocycles. The van der Waals surface area contributed by atoms with Gasteiger partial charge >= 0.3 is 0 Å². The highest BCUT2D eigenvalue weighted by Gasteiger charge is 2.06. The van der Waals surface area contributed by atoms with Crippen molar-refractivity contribution in [3.05, 3.63) is 36.9 Å². The third-order valence-corrected chi connectivity index (χ3v) is 2.52. The molecule has 0 atom stereocenters. The van der Waals surface area contributed by atoms with Gasteiger partial charge in [-0.15, -0.1) is 0 Å². The molecule has 2 heterocycles. The van der Waals surface area contributed by atoms with Gasteiger partial charge in [0.1, 0.15) is 6.33 Å². The van der Waals surface area contributed by atoms with Crippen LogP contribution in [0.1, 0.15) is 0 Å². The van der Waals surface area contributed by atoms with Gasteiger partial charge < -0.3 is 11.5 Å². The molecule has 8 nitrogen and oxygen atoms in total. The molecular formula is C12H9N8. The molecule has 0 bridgehead atoms. The largest absolute Gasteiger partial charge is 0.368 e. The highest BCUT2D eigenvalue weighted by molar-refractivity contribution is 5.63. The Hall–Kier alpha value is -3.16. The second kappa shape index (κ2) is 4.84. The van der Waals surface area contributed by atoms with Gasteiger partial charge in [-0.25, -0.2) is 15.0 Å². The number of benzene rings is 1. The van der Waals surface area contributed by atoms with Gasteiger partial charge in [-0.2, -0.15) is 15.0 Å². The van der Waals surface area contributed by atoms with Crippen LogP contribution in [-0.4, -0.2) is 29.9 Å². The molecule has 8 heteroatoms. The van der Waals surface area contributed by atoms with E-state index in [1.54, 1.807) is 0 Å². The van der Waals surface area contributed by atoms with Gasteiger partial charge in [0, 0.05) is 11.1 Å². The van der Waals surface area contributed by atoms with E-state index in [4.69, 9.17) is 11.5 Å². The fourth-order valence-corrected chi connectivity index (χ4v) is 1.66. The predicted molar refractivity (Wildman–Crippen MR) is 71.7 cm³/mol. The molecule has 2 aromatic heterocycles. The minimum atomic E-state index is 0.0867. The highest BCUT2D eigenvalue weighted by atomic mass is 15.1. The number of anilines is 2. The number of nitrogens with zero attached hydrogens (tertiary/aromatic N) is 6. The number of aromatic nitrogens is 6. The molecule has 1 aromatic carbocycles. The van der Waals surface area contributed by atoms with Crippen LogP contribution in [0.5, 0.6) is 0 Å². The van der Waals surface area contributed by atoms with E-state index >= 15 is 0 Å². The third kappa shape index (κ3) is 2.34. The molecule has 4 N–H and O–H groups in total. The zero-order valence-electron chi connectivity index (χ0n) is 10.2. The molecule has 1 radical (unpaired) electrons. The molecule has 0 aliphatic heterocycles. The molecule has 0 unspecified atom stereocenters. The quantitative estimate of drug-likeness (QED) is 0.679. The van der Waals surface area contributed by atoms with Crippen LogP contribution in [-0.2, 0) is 0 Å². The smallest absolute Gasteiger partial charge is 0.225 e. The van der Waals surface area contributed by atoms with Crippen molar-refractivity contribution in [2.24, 2.45) is 0 Å². The summed E-state index contributed by atoms with van der Waals surface area (Å²) in [6, 6.07) is 7.34. The fraction of sp³-hybridized carbons (Fsp3) is 0. The SMILES string of the molecule is Nc1nc(N)nc(-c2ccc(-c3n[c]ncn3)cc2)n1. The van der Waals surface area contributed by atoms with Gasteiger partial charge in [-0.05, 0) is 0 Å². The topological polar surface area (TPSA) is 129 Å². The van der Waals surface area contributed by atoms with Crippen LogP contribution in [0.4, 0.5) is 11.9 Å². The highest BCUT2D eigenvalue weighted by Crippen LogP contribution is 2.20. The first-order valence-corrected chi connectivity index (χ1v) is 5.65. The Morgan fingerprint density at radius 2 is 1.40 bits per heavy atom. The first kappa shape index (κ1) is 11.9. The number of hydrogen-bond acceptors (Lipinski definition) is 8. The Labute approximate surface area is 114 Å². The summed E-state index contributed by atoms with van der Waals surface area (Å²) < 4.78 is 0. The lowest BCUT2D eigenvalue weighted by atomic mass is 10.1. The summed E-state index contributed by atoms with van der Waals surface area (Å²) in [5.41, 5.74) is 12.7. The van der Waals surface area contributed by atoms with E-state index in [1.165, 1.54) is 6.33 Å². The van der Waals surface area contributed by atoms with Crippen LogP contribution in [0.15, 0.2) is 30.6 Å². The number of nitrogens with two attached hydrogens (primary N) is 2. The van der Waals surface area contributed by atoms with Crippen molar-refractivity contribution in [3.8, 4) is 22.8 Å². The second-order valence-electron chi connectivity index (χ2n) is 3.86. The molecule has 0 fully saturated rings. The van der Waals surface area contributed by atoms with E-state index in [2.05, 4.69) is 36.2 Å². The summed E-state index contributed by atoms with van der Waals surface area (Å²) in [7, 11) is 0. The van der Waals surface area contributed by atoms with E-state index in [0.29, 0.717) is 11.6 Å². The monoisotopic (exact) mass is 265 g/mol. The first-order valence-electron chi connectivity index (χ1n) is 5.65. The summed E-state index contributed by atoms with van der Waals surface area (Å²) in [6.45, 7) is 0. The van der Waals surface area contributed by atoms with E-state index in [-0.39, 0.29) is 11.9 Å². The molecular weight excluding hydrogens is 256 g/mol. The Bertz CT molecular complexity index is 706. The van der Waals surface area contributed by atoms with Crippen molar-refractivity contribution >= 4 is 11.9 Å². The Kier molecular flexibility index (Phi) is 2.88. The standard InChI is InChI=1S/C12H9N8/c13-11-18-10(19-12(14)20-11)8-3-1-7(2-4-8)9-16-5-15-6-17-9/h1-5H,(H4,13,14,18,19,20). The molecule has 0 aliphatic rings. The average molecular weight is 265 g/mol. The van der Waals surface area contributed by atoms with Crippen molar-refractivity contribution in [1.29, 1.82) is 0 Å². The van der Waals surface area contributed by atoms with Crippen molar-refractivity contribution in [3.63, 3.8) is 0 Å². The van der Waals surface area contributed by atoms with Gasteiger partial charge in [-0.1, -0.05) is 24.3 Å². The summed E-state index contributed by atoms with van der Waals surface area (Å²) in [6.07, 6.45) is 3.88. The normalized spacial score (nSPS) is 10.4. The minimum Gasteiger partial charge on any atom is -0.368 e. The van der Waals surface area contributed by atoms with Gasteiger partial charge in [0.05, 0.1) is 0 Å². The Morgan fingerprint density at radius 3 is 1.95 bits per heavy atom. The molecule has 0 spiro atoms. The van der Waals surface area contributed by atoms with Crippen LogP contribution < -0.4 is 11.5 Å². The van der Waals surface area contributed by atoms with Crippen LogP contribution in [0.3, 0.4) is 0 Å². The average Bonchev–Trinajstić information content (AvgIpc) is 2.47. The summed E-state index contributed by atoms with van der Waals surface area (Å²) in [4.78, 5) is 23.4. The molecule has 3 aromatic rings. The number of nitrogen functional groups attached to an aromatic ring is 2. The lowest BCUT2D eigenvalue weighted by Gasteiger charge is -2.03. The van der Waals surface area contributed by atoms with Gasteiger partial charge in [0.2, 0.25) is 18.2 Å². The Morgan fingerprint density at radius 1 is 0.800 bits per heavy atom. The van der Waals surface area contributed by atoms with Crippen LogP contribution >= 0.6 is 0 Å². The lowest BCUT2D eigenvalue weighted by Crippen LogP contribution is -2.04. The number of hydrogen-bond donors (Lipinski definition) is 2. The minimum absolute atomic E-state index is 0.0867. The van der Waals surface area contributed by atoms with E-state index < -0.39 is 0 Å². The zero-order chi connectivity index (χ0) is 13.9. The van der Waals surface area contributed by atoms with Crippen LogP contribution in [0.2, 0.25) is 0 Å². The molecule has 0 saturated heterocycles. The maximum absolute atomic E-state index is 5.54. The van der Waals surface area contributed by atoms with Crippen molar-refractivity contribution in [2.45, 2.75) is 0 Å². The lowest BCUT2D eigenvalue weighted by molar-refractivity contribution is 1.04. The predicted octanol–water partition coefficient (Wildman–Crippen LogP) is 0.355. The number of rotatable bonds is 2. The molecule has 20 heavy (non-hydrogen) atoms. The summed E-state index contributed by atoms with van der Waals surface area (Å²) >= 11 is 0. The van der Waals surface area contributed by atoms with Crippen LogP contribution in [0.25, 0.3) is 22.8 Å². The van der Waals surface area contributed by atoms with E-state index in [1.807, 2.05) is 24.3 Å². The molecule has 97 valence electrons. The van der Waals surface area contributed by atoms with E-state index in [9.17, 15) is 0 Å². The van der Waals surface area contributed by atoms with Gasteiger partial charge in [-0.3, -0.25) is 0 Å². The summed E-state index contributed by atoms with van der Waals surface area (Å²) in [5.74, 6) is 1.14. The zero-order valence-corrected chi connectivity index (χ0v) is 10.2. The maximum atomic E-state index is 5.54. The van der Waals surface area contributed by atoms with Crippen LogP contribution in [0, 0.1) is 6.33 Å². The molecule has 0 saturated carbocycles. The fourth-order valence-electron chi connectivity index (χ4n) is 1.66.